The Morgan fingerprint density at radius 1 is 1.04 bits per heavy atom. The number of anilines is 1. The summed E-state index contributed by atoms with van der Waals surface area (Å²) in [4.78, 5) is 11.1. The normalized spacial score (nSPS) is 18.0. The summed E-state index contributed by atoms with van der Waals surface area (Å²) in [5.74, 6) is 0.965. The van der Waals surface area contributed by atoms with E-state index < -0.39 is 0 Å². The summed E-state index contributed by atoms with van der Waals surface area (Å²) >= 11 is 1.58. The number of benzene rings is 1. The molecule has 128 valence electrons. The predicted molar refractivity (Wildman–Crippen MR) is 95.0 cm³/mol. The zero-order valence-corrected chi connectivity index (χ0v) is 14.5. The van der Waals surface area contributed by atoms with Crippen molar-refractivity contribution in [2.45, 2.75) is 29.1 Å². The lowest BCUT2D eigenvalue weighted by atomic mass is 10.2. The zero-order valence-electron chi connectivity index (χ0n) is 13.7. The Balaban J connectivity index is 1.52. The number of hydrogen-bond acceptors (Lipinski definition) is 7. The van der Waals surface area contributed by atoms with Gasteiger partial charge in [0.15, 0.2) is 5.16 Å². The number of rotatable bonds is 4. The lowest BCUT2D eigenvalue weighted by molar-refractivity contribution is 0.121. The van der Waals surface area contributed by atoms with E-state index in [9.17, 15) is 0 Å². The predicted octanol–water partition coefficient (Wildman–Crippen LogP) is 2.54. The van der Waals surface area contributed by atoms with Crippen LogP contribution in [0.3, 0.4) is 0 Å². The quantitative estimate of drug-likeness (QED) is 0.667. The minimum Gasteiger partial charge on any atom is -0.378 e. The molecule has 1 aliphatic carbocycles. The van der Waals surface area contributed by atoms with Crippen LogP contribution in [0.4, 0.5) is 5.95 Å². The fourth-order valence-electron chi connectivity index (χ4n) is 3.12. The zero-order chi connectivity index (χ0) is 16.6. The van der Waals surface area contributed by atoms with Crippen molar-refractivity contribution in [1.29, 1.82) is 0 Å². The van der Waals surface area contributed by atoms with E-state index in [2.05, 4.69) is 35.7 Å². The molecule has 1 aromatic carbocycles. The Labute approximate surface area is 149 Å². The highest BCUT2D eigenvalue weighted by molar-refractivity contribution is 7.99. The molecule has 2 aliphatic rings. The van der Waals surface area contributed by atoms with Crippen molar-refractivity contribution in [2.24, 2.45) is 0 Å². The van der Waals surface area contributed by atoms with Gasteiger partial charge in [0, 0.05) is 24.5 Å². The lowest BCUT2D eigenvalue weighted by Gasteiger charge is -2.27. The monoisotopic (exact) mass is 354 g/mol. The fraction of sp³-hybridized carbons (Fsp3) is 0.412. The van der Waals surface area contributed by atoms with E-state index in [-0.39, 0.29) is 0 Å². The average molecular weight is 354 g/mol. The maximum absolute atomic E-state index is 5.47. The van der Waals surface area contributed by atoms with Gasteiger partial charge in [0.05, 0.1) is 18.7 Å². The van der Waals surface area contributed by atoms with Gasteiger partial charge in [0.25, 0.3) is 0 Å². The molecule has 0 radical (unpaired) electrons. The molecular formula is C17H18N6OS. The first kappa shape index (κ1) is 15.1. The van der Waals surface area contributed by atoms with E-state index in [0.29, 0.717) is 6.04 Å². The second-order valence-electron chi connectivity index (χ2n) is 6.28. The van der Waals surface area contributed by atoms with Crippen LogP contribution in [0.2, 0.25) is 0 Å². The third-order valence-electron chi connectivity index (χ3n) is 4.55. The topological polar surface area (TPSA) is 69.0 Å². The van der Waals surface area contributed by atoms with Crippen molar-refractivity contribution in [3.05, 3.63) is 30.6 Å². The summed E-state index contributed by atoms with van der Waals surface area (Å²) in [5, 5.41) is 11.9. The summed E-state index contributed by atoms with van der Waals surface area (Å²) in [6.45, 7) is 3.23. The van der Waals surface area contributed by atoms with Gasteiger partial charge in [-0.2, -0.15) is 0 Å². The second-order valence-corrected chi connectivity index (χ2v) is 7.24. The Bertz CT molecular complexity index is 898. The molecule has 1 saturated carbocycles. The molecule has 5 rings (SSSR count). The Morgan fingerprint density at radius 3 is 2.72 bits per heavy atom. The van der Waals surface area contributed by atoms with Crippen LogP contribution >= 0.6 is 11.8 Å². The van der Waals surface area contributed by atoms with Gasteiger partial charge in [-0.1, -0.05) is 18.2 Å². The number of para-hydroxylation sites is 1. The van der Waals surface area contributed by atoms with Crippen LogP contribution in [0.25, 0.3) is 10.9 Å². The van der Waals surface area contributed by atoms with Crippen LogP contribution in [0.1, 0.15) is 18.9 Å². The molecule has 1 saturated heterocycles. The average Bonchev–Trinajstić information content (AvgIpc) is 3.43. The SMILES string of the molecule is c1ccc2c(Sc3nnc(N4CCOCC4)n3C3CC3)ncnc2c1. The Kier molecular flexibility index (Phi) is 3.79. The lowest BCUT2D eigenvalue weighted by Crippen LogP contribution is -2.38. The third kappa shape index (κ3) is 2.85. The molecule has 3 aromatic rings. The number of hydrogen-bond donors (Lipinski definition) is 0. The van der Waals surface area contributed by atoms with E-state index in [0.717, 1.165) is 53.3 Å². The van der Waals surface area contributed by atoms with Crippen molar-refractivity contribution in [3.63, 3.8) is 0 Å². The molecule has 0 N–H and O–H groups in total. The van der Waals surface area contributed by atoms with Crippen molar-refractivity contribution in [3.8, 4) is 0 Å². The van der Waals surface area contributed by atoms with Crippen molar-refractivity contribution < 1.29 is 4.74 Å². The van der Waals surface area contributed by atoms with Crippen LogP contribution in [-0.4, -0.2) is 51.0 Å². The summed E-state index contributed by atoms with van der Waals surface area (Å²) in [5.41, 5.74) is 0.950. The van der Waals surface area contributed by atoms with E-state index in [1.165, 1.54) is 12.8 Å². The van der Waals surface area contributed by atoms with Crippen LogP contribution in [0.15, 0.2) is 40.8 Å². The molecule has 0 unspecified atom stereocenters. The van der Waals surface area contributed by atoms with Gasteiger partial charge in [-0.25, -0.2) is 9.97 Å². The molecule has 3 heterocycles. The molecular weight excluding hydrogens is 336 g/mol. The second kappa shape index (κ2) is 6.27. The minimum atomic E-state index is 0.503. The van der Waals surface area contributed by atoms with Gasteiger partial charge in [-0.05, 0) is 30.7 Å². The highest BCUT2D eigenvalue weighted by atomic mass is 32.2. The molecule has 0 bridgehead atoms. The van der Waals surface area contributed by atoms with Crippen molar-refractivity contribution in [1.82, 2.24) is 24.7 Å². The maximum atomic E-state index is 5.47. The van der Waals surface area contributed by atoms with Gasteiger partial charge in [0.1, 0.15) is 11.4 Å². The molecule has 0 atom stereocenters. The number of nitrogens with zero attached hydrogens (tertiary/aromatic N) is 6. The molecule has 1 aliphatic heterocycles. The van der Waals surface area contributed by atoms with Crippen molar-refractivity contribution in [2.75, 3.05) is 31.2 Å². The van der Waals surface area contributed by atoms with E-state index in [1.807, 2.05) is 18.2 Å². The number of aromatic nitrogens is 5. The summed E-state index contributed by atoms with van der Waals surface area (Å²) in [6.07, 6.45) is 3.99. The number of ether oxygens (including phenoxy) is 1. The molecule has 0 spiro atoms. The summed E-state index contributed by atoms with van der Waals surface area (Å²) < 4.78 is 7.75. The van der Waals surface area contributed by atoms with E-state index in [1.54, 1.807) is 18.1 Å². The summed E-state index contributed by atoms with van der Waals surface area (Å²) in [7, 11) is 0. The summed E-state index contributed by atoms with van der Waals surface area (Å²) in [6, 6.07) is 8.57. The molecule has 7 nitrogen and oxygen atoms in total. The third-order valence-corrected chi connectivity index (χ3v) is 5.53. The molecule has 25 heavy (non-hydrogen) atoms. The first-order chi connectivity index (χ1) is 12.4. The van der Waals surface area contributed by atoms with Crippen LogP contribution in [0.5, 0.6) is 0 Å². The number of morpholine rings is 1. The van der Waals surface area contributed by atoms with Crippen LogP contribution < -0.4 is 4.90 Å². The maximum Gasteiger partial charge on any atom is 0.228 e. The first-order valence-electron chi connectivity index (χ1n) is 8.55. The smallest absolute Gasteiger partial charge is 0.228 e. The molecule has 0 amide bonds. The van der Waals surface area contributed by atoms with Gasteiger partial charge >= 0.3 is 0 Å². The Hall–Kier alpha value is -2.19. The molecule has 8 heteroatoms. The molecule has 2 aromatic heterocycles. The highest BCUT2D eigenvalue weighted by Crippen LogP contribution is 2.42. The first-order valence-corrected chi connectivity index (χ1v) is 9.37. The number of fused-ring (bicyclic) bond motifs is 1. The van der Waals surface area contributed by atoms with Crippen molar-refractivity contribution >= 4 is 28.6 Å². The van der Waals surface area contributed by atoms with E-state index in [4.69, 9.17) is 4.74 Å². The van der Waals surface area contributed by atoms with Gasteiger partial charge in [-0.15, -0.1) is 10.2 Å². The standard InChI is InChI=1S/C17H18N6OS/c1-2-4-14-13(3-1)15(19-11-18-14)25-17-21-20-16(23(17)12-5-6-12)22-7-9-24-10-8-22/h1-4,11-12H,5-10H2. The minimum absolute atomic E-state index is 0.503. The largest absolute Gasteiger partial charge is 0.378 e. The van der Waals surface area contributed by atoms with Crippen LogP contribution in [0, 0.1) is 0 Å². The van der Waals surface area contributed by atoms with Gasteiger partial charge < -0.3 is 9.64 Å². The molecule has 2 fully saturated rings. The fourth-order valence-corrected chi connectivity index (χ4v) is 4.08. The Morgan fingerprint density at radius 2 is 1.88 bits per heavy atom. The van der Waals surface area contributed by atoms with Crippen LogP contribution in [-0.2, 0) is 4.74 Å². The van der Waals surface area contributed by atoms with Gasteiger partial charge in [0.2, 0.25) is 5.95 Å². The van der Waals surface area contributed by atoms with E-state index >= 15 is 0 Å². The van der Waals surface area contributed by atoms with Gasteiger partial charge in [-0.3, -0.25) is 4.57 Å². The highest BCUT2D eigenvalue weighted by Gasteiger charge is 2.32.